The molecular formula is C43H29N. The molecule has 0 N–H and O–H groups in total. The van der Waals surface area contributed by atoms with Crippen molar-refractivity contribution in [2.45, 2.75) is 0 Å². The molecule has 0 amide bonds. The zero-order valence-corrected chi connectivity index (χ0v) is 24.2. The van der Waals surface area contributed by atoms with Crippen molar-refractivity contribution in [2.75, 3.05) is 0 Å². The van der Waals surface area contributed by atoms with Crippen LogP contribution in [0.15, 0.2) is 176 Å². The lowest BCUT2D eigenvalue weighted by Crippen LogP contribution is -1.92. The molecule has 0 bridgehead atoms. The molecule has 0 spiro atoms. The van der Waals surface area contributed by atoms with Crippen molar-refractivity contribution in [1.29, 1.82) is 0 Å². The minimum absolute atomic E-state index is 0.964. The molecule has 0 aliphatic carbocycles. The third kappa shape index (κ3) is 4.65. The van der Waals surface area contributed by atoms with Crippen LogP contribution in [0.1, 0.15) is 0 Å². The summed E-state index contributed by atoms with van der Waals surface area (Å²) >= 11 is 0. The van der Waals surface area contributed by atoms with E-state index in [9.17, 15) is 0 Å². The first-order valence-electron chi connectivity index (χ1n) is 15.1. The van der Waals surface area contributed by atoms with E-state index >= 15 is 0 Å². The predicted molar refractivity (Wildman–Crippen MR) is 186 cm³/mol. The van der Waals surface area contributed by atoms with Gasteiger partial charge in [-0.1, -0.05) is 164 Å². The Morgan fingerprint density at radius 3 is 1.02 bits per heavy atom. The van der Waals surface area contributed by atoms with Gasteiger partial charge in [-0.2, -0.15) is 0 Å². The molecule has 0 unspecified atom stereocenters. The van der Waals surface area contributed by atoms with E-state index in [1.807, 2.05) is 6.07 Å². The molecule has 1 heteroatoms. The molecule has 0 atom stereocenters. The highest BCUT2D eigenvalue weighted by molar-refractivity contribution is 6.21. The second-order valence-electron chi connectivity index (χ2n) is 11.1. The standard InChI is InChI=1S/C43H29N/c1-4-14-30(15-5-1)35-28-40(31-16-6-2-7-17-31)44-41(29-35)32-24-26-34(27-25-32)43-38-22-12-10-20-36(38)42(33-18-8-3-9-19-33)37-21-11-13-23-39(37)43/h1-29H. The summed E-state index contributed by atoms with van der Waals surface area (Å²) in [5.74, 6) is 0. The minimum atomic E-state index is 0.964. The van der Waals surface area contributed by atoms with Crippen molar-refractivity contribution in [3.63, 3.8) is 0 Å². The highest BCUT2D eigenvalue weighted by Gasteiger charge is 2.16. The first-order chi connectivity index (χ1) is 21.8. The number of nitrogens with zero attached hydrogens (tertiary/aromatic N) is 1. The monoisotopic (exact) mass is 559 g/mol. The predicted octanol–water partition coefficient (Wildman–Crippen LogP) is 11.7. The average molecular weight is 560 g/mol. The summed E-state index contributed by atoms with van der Waals surface area (Å²) < 4.78 is 0. The van der Waals surface area contributed by atoms with Crippen LogP contribution in [0.2, 0.25) is 0 Å². The maximum absolute atomic E-state index is 5.15. The van der Waals surface area contributed by atoms with Crippen molar-refractivity contribution in [1.82, 2.24) is 4.98 Å². The topological polar surface area (TPSA) is 12.9 Å². The van der Waals surface area contributed by atoms with Crippen LogP contribution < -0.4 is 0 Å². The molecule has 44 heavy (non-hydrogen) atoms. The van der Waals surface area contributed by atoms with Crippen LogP contribution in [0.5, 0.6) is 0 Å². The molecule has 8 rings (SSSR count). The van der Waals surface area contributed by atoms with Gasteiger partial charge in [0.15, 0.2) is 0 Å². The van der Waals surface area contributed by atoms with Gasteiger partial charge in [0.1, 0.15) is 0 Å². The van der Waals surface area contributed by atoms with Gasteiger partial charge in [0.2, 0.25) is 0 Å². The number of rotatable bonds is 5. The van der Waals surface area contributed by atoms with Gasteiger partial charge in [-0.3, -0.25) is 0 Å². The van der Waals surface area contributed by atoms with Gasteiger partial charge in [-0.05, 0) is 67.1 Å². The van der Waals surface area contributed by atoms with E-state index in [1.165, 1.54) is 49.4 Å². The van der Waals surface area contributed by atoms with Crippen molar-refractivity contribution >= 4 is 21.5 Å². The van der Waals surface area contributed by atoms with Crippen molar-refractivity contribution in [3.05, 3.63) is 176 Å². The molecule has 8 aromatic rings. The van der Waals surface area contributed by atoms with Crippen LogP contribution in [0, 0.1) is 0 Å². The summed E-state index contributed by atoms with van der Waals surface area (Å²) in [5, 5.41) is 5.05. The van der Waals surface area contributed by atoms with E-state index in [-0.39, 0.29) is 0 Å². The molecule has 0 saturated heterocycles. The van der Waals surface area contributed by atoms with Crippen LogP contribution in [-0.4, -0.2) is 4.98 Å². The molecule has 0 radical (unpaired) electrons. The lowest BCUT2D eigenvalue weighted by molar-refractivity contribution is 1.32. The highest BCUT2D eigenvalue weighted by atomic mass is 14.7. The maximum Gasteiger partial charge on any atom is 0.0715 e. The Hall–Kier alpha value is -5.79. The third-order valence-corrected chi connectivity index (χ3v) is 8.47. The first-order valence-corrected chi connectivity index (χ1v) is 15.1. The van der Waals surface area contributed by atoms with Crippen molar-refractivity contribution in [3.8, 4) is 55.9 Å². The Kier molecular flexibility index (Phi) is 6.55. The molecule has 0 fully saturated rings. The van der Waals surface area contributed by atoms with Gasteiger partial charge in [-0.25, -0.2) is 4.98 Å². The summed E-state index contributed by atoms with van der Waals surface area (Å²) in [5.41, 5.74) is 11.5. The van der Waals surface area contributed by atoms with Gasteiger partial charge in [0.05, 0.1) is 11.4 Å². The van der Waals surface area contributed by atoms with Crippen LogP contribution in [-0.2, 0) is 0 Å². The SMILES string of the molecule is c1ccc(-c2cc(-c3ccccc3)nc(-c3ccc(-c4c5ccccc5c(-c5ccccc5)c5ccccc45)cc3)c2)cc1. The summed E-state index contributed by atoms with van der Waals surface area (Å²) in [6, 6.07) is 62.7. The first kappa shape index (κ1) is 25.9. The van der Waals surface area contributed by atoms with Gasteiger partial charge >= 0.3 is 0 Å². The minimum Gasteiger partial charge on any atom is -0.248 e. The molecule has 0 aliphatic rings. The number of pyridine rings is 1. The van der Waals surface area contributed by atoms with Crippen LogP contribution >= 0.6 is 0 Å². The molecule has 1 nitrogen and oxygen atoms in total. The molecule has 1 heterocycles. The summed E-state index contributed by atoms with van der Waals surface area (Å²) in [4.78, 5) is 5.15. The van der Waals surface area contributed by atoms with E-state index in [2.05, 4.69) is 170 Å². The van der Waals surface area contributed by atoms with Crippen molar-refractivity contribution in [2.24, 2.45) is 0 Å². The molecular weight excluding hydrogens is 530 g/mol. The van der Waals surface area contributed by atoms with Crippen LogP contribution in [0.3, 0.4) is 0 Å². The molecule has 1 aromatic heterocycles. The Morgan fingerprint density at radius 2 is 0.568 bits per heavy atom. The largest absolute Gasteiger partial charge is 0.248 e. The van der Waals surface area contributed by atoms with E-state index < -0.39 is 0 Å². The zero-order valence-electron chi connectivity index (χ0n) is 24.2. The van der Waals surface area contributed by atoms with E-state index in [0.29, 0.717) is 0 Å². The lowest BCUT2D eigenvalue weighted by atomic mass is 9.86. The van der Waals surface area contributed by atoms with Gasteiger partial charge in [0.25, 0.3) is 0 Å². The fourth-order valence-corrected chi connectivity index (χ4v) is 6.40. The number of hydrogen-bond acceptors (Lipinski definition) is 1. The van der Waals surface area contributed by atoms with Gasteiger partial charge in [0, 0.05) is 11.1 Å². The van der Waals surface area contributed by atoms with Crippen LogP contribution in [0.4, 0.5) is 0 Å². The number of fused-ring (bicyclic) bond motifs is 2. The summed E-state index contributed by atoms with van der Waals surface area (Å²) in [7, 11) is 0. The Balaban J connectivity index is 1.30. The summed E-state index contributed by atoms with van der Waals surface area (Å²) in [6.07, 6.45) is 0. The molecule has 206 valence electrons. The van der Waals surface area contributed by atoms with E-state index in [4.69, 9.17) is 4.98 Å². The second kappa shape index (κ2) is 11.1. The molecule has 7 aromatic carbocycles. The normalized spacial score (nSPS) is 11.2. The van der Waals surface area contributed by atoms with E-state index in [1.54, 1.807) is 0 Å². The Labute approximate surface area is 257 Å². The van der Waals surface area contributed by atoms with Gasteiger partial charge in [-0.15, -0.1) is 0 Å². The smallest absolute Gasteiger partial charge is 0.0715 e. The Morgan fingerprint density at radius 1 is 0.250 bits per heavy atom. The zero-order chi connectivity index (χ0) is 29.3. The lowest BCUT2D eigenvalue weighted by Gasteiger charge is -2.18. The maximum atomic E-state index is 5.15. The third-order valence-electron chi connectivity index (χ3n) is 8.47. The average Bonchev–Trinajstić information content (AvgIpc) is 3.11. The highest BCUT2D eigenvalue weighted by Crippen LogP contribution is 2.43. The van der Waals surface area contributed by atoms with Gasteiger partial charge < -0.3 is 0 Å². The van der Waals surface area contributed by atoms with Crippen molar-refractivity contribution < 1.29 is 0 Å². The fraction of sp³-hybridized carbons (Fsp3) is 0. The molecule has 0 saturated carbocycles. The second-order valence-corrected chi connectivity index (χ2v) is 11.1. The number of benzene rings is 7. The quantitative estimate of drug-likeness (QED) is 0.191. The number of hydrogen-bond donors (Lipinski definition) is 0. The fourth-order valence-electron chi connectivity index (χ4n) is 6.40. The van der Waals surface area contributed by atoms with Crippen LogP contribution in [0.25, 0.3) is 77.4 Å². The number of aromatic nitrogens is 1. The molecule has 0 aliphatic heterocycles. The Bertz CT molecular complexity index is 2120. The van der Waals surface area contributed by atoms with E-state index in [0.717, 1.165) is 28.1 Å². The summed E-state index contributed by atoms with van der Waals surface area (Å²) in [6.45, 7) is 0.